The highest BCUT2D eigenvalue weighted by molar-refractivity contribution is 5.03. The van der Waals surface area contributed by atoms with Crippen molar-refractivity contribution in [2.75, 3.05) is 6.61 Å². The second-order valence-electron chi connectivity index (χ2n) is 6.13. The summed E-state index contributed by atoms with van der Waals surface area (Å²) in [6.07, 6.45) is 4.53. The van der Waals surface area contributed by atoms with E-state index in [-0.39, 0.29) is 25.3 Å². The summed E-state index contributed by atoms with van der Waals surface area (Å²) in [5.74, 6) is 0. The van der Waals surface area contributed by atoms with E-state index in [0.29, 0.717) is 18.5 Å². The number of piperazine rings is 1. The van der Waals surface area contributed by atoms with E-state index in [9.17, 15) is 10.2 Å². The number of nitrogens with one attached hydrogen (secondary N) is 1. The van der Waals surface area contributed by atoms with Gasteiger partial charge in [0.1, 0.15) is 12.3 Å². The molecule has 3 heterocycles. The quantitative estimate of drug-likeness (QED) is 0.579. The number of epoxide rings is 1. The largest absolute Gasteiger partial charge is 0.394 e. The fraction of sp³-hybridized carbons (Fsp3) is 1.00. The molecule has 0 aromatic carbocycles. The van der Waals surface area contributed by atoms with Crippen molar-refractivity contribution >= 4 is 0 Å². The molecule has 6 heteroatoms. The molecule has 108 valence electrons. The molecule has 0 bridgehead atoms. The maximum Gasteiger partial charge on any atom is 0.155 e. The van der Waals surface area contributed by atoms with Crippen LogP contribution in [0.4, 0.5) is 0 Å². The van der Waals surface area contributed by atoms with Crippen molar-refractivity contribution in [3.8, 4) is 0 Å². The van der Waals surface area contributed by atoms with Gasteiger partial charge in [0.15, 0.2) is 12.5 Å². The molecule has 1 saturated carbocycles. The summed E-state index contributed by atoms with van der Waals surface area (Å²) in [7, 11) is 0. The topological polar surface area (TPSA) is 77.5 Å². The van der Waals surface area contributed by atoms with Crippen LogP contribution in [0.5, 0.6) is 0 Å². The molecule has 4 aliphatic rings. The second-order valence-corrected chi connectivity index (χ2v) is 6.13. The molecular formula is C13H22N2O4. The zero-order valence-corrected chi connectivity index (χ0v) is 10.9. The molecule has 0 spiro atoms. The average Bonchev–Trinajstić information content (AvgIpc) is 3.09. The monoisotopic (exact) mass is 270 g/mol. The van der Waals surface area contributed by atoms with Gasteiger partial charge in [-0.05, 0) is 12.8 Å². The Morgan fingerprint density at radius 3 is 2.84 bits per heavy atom. The van der Waals surface area contributed by atoms with E-state index in [2.05, 4.69) is 10.2 Å². The Kier molecular flexibility index (Phi) is 3.06. The van der Waals surface area contributed by atoms with Crippen LogP contribution in [0.25, 0.3) is 0 Å². The molecule has 3 N–H and O–H groups in total. The van der Waals surface area contributed by atoms with Gasteiger partial charge >= 0.3 is 0 Å². The lowest BCUT2D eigenvalue weighted by molar-refractivity contribution is -0.119. The summed E-state index contributed by atoms with van der Waals surface area (Å²) in [6, 6.07) is 0.915. The Morgan fingerprint density at radius 1 is 1.21 bits per heavy atom. The third kappa shape index (κ3) is 2.02. The van der Waals surface area contributed by atoms with Gasteiger partial charge in [0.25, 0.3) is 0 Å². The minimum absolute atomic E-state index is 0.0917. The Morgan fingerprint density at radius 2 is 2.05 bits per heavy atom. The molecule has 4 fully saturated rings. The Balaban J connectivity index is 1.52. The number of fused-ring (bicyclic) bond motifs is 2. The van der Waals surface area contributed by atoms with E-state index in [4.69, 9.17) is 9.47 Å². The van der Waals surface area contributed by atoms with Gasteiger partial charge in [-0.2, -0.15) is 0 Å². The van der Waals surface area contributed by atoms with E-state index < -0.39 is 12.2 Å². The minimum Gasteiger partial charge on any atom is -0.394 e. The number of nitrogens with zero attached hydrogens (tertiary/aromatic N) is 1. The molecule has 7 unspecified atom stereocenters. The summed E-state index contributed by atoms with van der Waals surface area (Å²) < 4.78 is 11.5. The van der Waals surface area contributed by atoms with Gasteiger partial charge < -0.3 is 19.7 Å². The van der Waals surface area contributed by atoms with E-state index in [1.807, 2.05) is 0 Å². The number of aliphatic hydroxyl groups is 2. The Bertz CT molecular complexity index is 356. The van der Waals surface area contributed by atoms with Gasteiger partial charge in [0, 0.05) is 18.5 Å². The summed E-state index contributed by atoms with van der Waals surface area (Å²) in [6.45, 7) is -0.118. The normalized spacial score (nSPS) is 53.7. The van der Waals surface area contributed by atoms with Gasteiger partial charge in [0.05, 0.1) is 12.7 Å². The molecule has 3 aliphatic heterocycles. The molecule has 4 rings (SSSR count). The van der Waals surface area contributed by atoms with Crippen molar-refractivity contribution in [3.05, 3.63) is 0 Å². The van der Waals surface area contributed by atoms with Crippen LogP contribution in [0.2, 0.25) is 0 Å². The zero-order valence-electron chi connectivity index (χ0n) is 10.9. The zero-order chi connectivity index (χ0) is 13.0. The predicted molar refractivity (Wildman–Crippen MR) is 66.1 cm³/mol. The van der Waals surface area contributed by atoms with Gasteiger partial charge in [-0.15, -0.1) is 0 Å². The molecule has 6 nitrogen and oxygen atoms in total. The van der Waals surface area contributed by atoms with Gasteiger partial charge in [-0.1, -0.05) is 12.8 Å². The summed E-state index contributed by atoms with van der Waals surface area (Å²) in [5, 5.41) is 22.7. The van der Waals surface area contributed by atoms with Crippen LogP contribution in [0.15, 0.2) is 0 Å². The molecule has 0 radical (unpaired) electrons. The first-order chi connectivity index (χ1) is 9.28. The lowest BCUT2D eigenvalue weighted by Crippen LogP contribution is -2.61. The van der Waals surface area contributed by atoms with E-state index >= 15 is 0 Å². The molecule has 0 amide bonds. The standard InChI is InChI=1S/C13H22N2O4/c16-6-10-9(17)5-11(18-10)15-8-4-2-1-3-7(8)14-12-13(15)19-12/h7-14,16-17H,1-6H2. The van der Waals surface area contributed by atoms with Gasteiger partial charge in [-0.3, -0.25) is 5.32 Å². The van der Waals surface area contributed by atoms with Crippen LogP contribution in [0.1, 0.15) is 32.1 Å². The SMILES string of the molecule is OCC1OC(N2C3CCCCC3NC3OC32)CC1O. The number of ether oxygens (including phenoxy) is 2. The number of hydrogen-bond acceptors (Lipinski definition) is 6. The third-order valence-electron chi connectivity index (χ3n) is 4.97. The Hall–Kier alpha value is -0.240. The maximum atomic E-state index is 9.92. The fourth-order valence-corrected chi connectivity index (χ4v) is 3.96. The van der Waals surface area contributed by atoms with Crippen molar-refractivity contribution in [2.24, 2.45) is 0 Å². The van der Waals surface area contributed by atoms with E-state index in [1.54, 1.807) is 0 Å². The van der Waals surface area contributed by atoms with Crippen LogP contribution in [-0.4, -0.2) is 64.7 Å². The highest BCUT2D eigenvalue weighted by Crippen LogP contribution is 2.41. The molecule has 1 aliphatic carbocycles. The minimum atomic E-state index is -0.566. The van der Waals surface area contributed by atoms with Crippen molar-refractivity contribution < 1.29 is 19.7 Å². The third-order valence-corrected chi connectivity index (χ3v) is 4.97. The van der Waals surface area contributed by atoms with Crippen molar-refractivity contribution in [2.45, 2.75) is 75.1 Å². The van der Waals surface area contributed by atoms with Crippen LogP contribution in [0, 0.1) is 0 Å². The van der Waals surface area contributed by atoms with Crippen LogP contribution in [0.3, 0.4) is 0 Å². The van der Waals surface area contributed by atoms with Crippen molar-refractivity contribution in [1.82, 2.24) is 10.2 Å². The highest BCUT2D eigenvalue weighted by atomic mass is 16.6. The predicted octanol–water partition coefficient (Wildman–Crippen LogP) is -0.647. The molecule has 3 saturated heterocycles. The Labute approximate surface area is 112 Å². The number of aliphatic hydroxyl groups excluding tert-OH is 2. The molecule has 0 aromatic heterocycles. The van der Waals surface area contributed by atoms with E-state index in [1.165, 1.54) is 19.3 Å². The van der Waals surface area contributed by atoms with Gasteiger partial charge in [0.2, 0.25) is 0 Å². The first kappa shape index (κ1) is 12.5. The molecule has 0 aromatic rings. The first-order valence-electron chi connectivity index (χ1n) is 7.41. The number of hydrogen-bond donors (Lipinski definition) is 3. The molecular weight excluding hydrogens is 248 g/mol. The fourth-order valence-electron chi connectivity index (χ4n) is 3.96. The average molecular weight is 270 g/mol. The van der Waals surface area contributed by atoms with Crippen LogP contribution in [-0.2, 0) is 9.47 Å². The second kappa shape index (κ2) is 4.65. The molecule has 19 heavy (non-hydrogen) atoms. The van der Waals surface area contributed by atoms with Crippen molar-refractivity contribution in [1.29, 1.82) is 0 Å². The summed E-state index contributed by atoms with van der Waals surface area (Å²) in [4.78, 5) is 2.31. The van der Waals surface area contributed by atoms with Crippen LogP contribution >= 0.6 is 0 Å². The lowest BCUT2D eigenvalue weighted by Gasteiger charge is -2.44. The van der Waals surface area contributed by atoms with Crippen molar-refractivity contribution in [3.63, 3.8) is 0 Å². The van der Waals surface area contributed by atoms with Gasteiger partial charge in [-0.25, -0.2) is 4.90 Å². The first-order valence-corrected chi connectivity index (χ1v) is 7.41. The maximum absolute atomic E-state index is 9.92. The van der Waals surface area contributed by atoms with Crippen LogP contribution < -0.4 is 5.32 Å². The lowest BCUT2D eigenvalue weighted by atomic mass is 9.87. The highest BCUT2D eigenvalue weighted by Gasteiger charge is 2.57. The van der Waals surface area contributed by atoms with E-state index in [0.717, 1.165) is 6.42 Å². The molecule has 7 atom stereocenters. The summed E-state index contributed by atoms with van der Waals surface area (Å²) >= 11 is 0. The smallest absolute Gasteiger partial charge is 0.155 e. The summed E-state index contributed by atoms with van der Waals surface area (Å²) in [5.41, 5.74) is 0. The number of rotatable bonds is 2.